The first-order valence-corrected chi connectivity index (χ1v) is 14.8. The molecule has 3 N–H and O–H groups in total. The average molecular weight is 544 g/mol. The van der Waals surface area contributed by atoms with Gasteiger partial charge in [0.25, 0.3) is 0 Å². The number of aliphatic hydroxyl groups excluding tert-OH is 2. The van der Waals surface area contributed by atoms with Gasteiger partial charge < -0.3 is 20.3 Å². The number of fused-ring (bicyclic) bond motifs is 5. The molecular formula is C31H42FNO6. The lowest BCUT2D eigenvalue weighted by atomic mass is 9.44. The number of alkyl carbamates (subject to hydrolysis) is 1. The molecule has 214 valence electrons. The fourth-order valence-electron chi connectivity index (χ4n) is 10.3. The Morgan fingerprint density at radius 3 is 2.59 bits per heavy atom. The van der Waals surface area contributed by atoms with Gasteiger partial charge in [-0.25, -0.2) is 9.18 Å². The summed E-state index contributed by atoms with van der Waals surface area (Å²) in [5, 5.41) is 24.6. The number of carbonyl (C=O) groups excluding carboxylic acids is 3. The van der Waals surface area contributed by atoms with Crippen LogP contribution >= 0.6 is 0 Å². The standard InChI is InChI=1S/C31H42FNO6/c1-18-12-23-22-7-6-19-13-21(35)8-11-27(19,2)30(22,32)24(36)15-28(23,3)31(18,25(37)17-34)39-26(38)33-16-20-14-29(20)9-4-5-10-29/h8,11,13,18,20,22-24,34,36H,4-7,9-10,12,14-17H2,1-3H3,(H,33,38)/t18-,20?,22-,23-,24-,27-,28-,30-,31-/m0/s1. The second kappa shape index (κ2) is 8.72. The van der Waals surface area contributed by atoms with Crippen molar-refractivity contribution < 1.29 is 33.7 Å². The molecule has 6 aliphatic rings. The van der Waals surface area contributed by atoms with E-state index in [0.29, 0.717) is 42.7 Å². The molecular weight excluding hydrogens is 501 g/mol. The molecule has 6 rings (SSSR count). The van der Waals surface area contributed by atoms with Crippen molar-refractivity contribution in [1.82, 2.24) is 5.32 Å². The van der Waals surface area contributed by atoms with Crippen LogP contribution in [0.5, 0.6) is 0 Å². The summed E-state index contributed by atoms with van der Waals surface area (Å²) in [6.07, 6.45) is 9.57. The molecule has 0 aromatic heterocycles. The Morgan fingerprint density at radius 2 is 1.90 bits per heavy atom. The molecule has 1 amide bonds. The van der Waals surface area contributed by atoms with Crippen LogP contribution in [0.4, 0.5) is 9.18 Å². The lowest BCUT2D eigenvalue weighted by Gasteiger charge is -2.62. The Labute approximate surface area is 229 Å². The van der Waals surface area contributed by atoms with Gasteiger partial charge >= 0.3 is 6.09 Å². The second-order valence-electron chi connectivity index (χ2n) is 14.0. The fraction of sp³-hybridized carbons (Fsp3) is 0.774. The third-order valence-corrected chi connectivity index (χ3v) is 12.4. The topological polar surface area (TPSA) is 113 Å². The lowest BCUT2D eigenvalue weighted by molar-refractivity contribution is -0.219. The highest BCUT2D eigenvalue weighted by Gasteiger charge is 2.77. The number of hydrogen-bond donors (Lipinski definition) is 3. The molecule has 6 aliphatic carbocycles. The maximum atomic E-state index is 17.4. The van der Waals surface area contributed by atoms with E-state index in [0.717, 1.165) is 6.42 Å². The van der Waals surface area contributed by atoms with Crippen LogP contribution in [0.15, 0.2) is 23.8 Å². The minimum absolute atomic E-state index is 0.0928. The van der Waals surface area contributed by atoms with Gasteiger partial charge in [0.2, 0.25) is 5.78 Å². The number of amides is 1. The van der Waals surface area contributed by atoms with E-state index in [-0.39, 0.29) is 18.1 Å². The second-order valence-corrected chi connectivity index (χ2v) is 14.0. The zero-order valence-corrected chi connectivity index (χ0v) is 23.3. The summed E-state index contributed by atoms with van der Waals surface area (Å²) >= 11 is 0. The predicted molar refractivity (Wildman–Crippen MR) is 141 cm³/mol. The molecule has 0 bridgehead atoms. The van der Waals surface area contributed by atoms with Crippen molar-refractivity contribution in [2.24, 2.45) is 39.9 Å². The van der Waals surface area contributed by atoms with Crippen LogP contribution in [0.25, 0.3) is 0 Å². The van der Waals surface area contributed by atoms with Gasteiger partial charge in [0.1, 0.15) is 6.61 Å². The van der Waals surface area contributed by atoms with Crippen molar-refractivity contribution in [3.8, 4) is 0 Å². The van der Waals surface area contributed by atoms with Gasteiger partial charge in [0, 0.05) is 29.2 Å². The molecule has 0 aromatic carbocycles. The van der Waals surface area contributed by atoms with Gasteiger partial charge in [-0.1, -0.05) is 38.3 Å². The Hall–Kier alpha value is -2.06. The summed E-state index contributed by atoms with van der Waals surface area (Å²) < 4.78 is 23.6. The van der Waals surface area contributed by atoms with E-state index in [1.807, 2.05) is 13.8 Å². The van der Waals surface area contributed by atoms with Crippen LogP contribution in [0.1, 0.15) is 78.6 Å². The largest absolute Gasteiger partial charge is 0.434 e. The summed E-state index contributed by atoms with van der Waals surface area (Å²) in [5.74, 6) is -1.79. The number of carbonyl (C=O) groups is 3. The summed E-state index contributed by atoms with van der Waals surface area (Å²) in [6.45, 7) is 5.10. The van der Waals surface area contributed by atoms with Crippen LogP contribution in [0.2, 0.25) is 0 Å². The quantitative estimate of drug-likeness (QED) is 0.479. The van der Waals surface area contributed by atoms with Crippen LogP contribution < -0.4 is 5.32 Å². The van der Waals surface area contributed by atoms with Crippen LogP contribution in [0.3, 0.4) is 0 Å². The van der Waals surface area contributed by atoms with Gasteiger partial charge in [0.15, 0.2) is 17.1 Å². The van der Waals surface area contributed by atoms with Gasteiger partial charge in [-0.05, 0) is 81.3 Å². The van der Waals surface area contributed by atoms with Crippen molar-refractivity contribution in [3.05, 3.63) is 23.8 Å². The van der Waals surface area contributed by atoms with Crippen LogP contribution in [0, 0.1) is 39.9 Å². The smallest absolute Gasteiger partial charge is 0.408 e. The first kappa shape index (κ1) is 27.1. The van der Waals surface area contributed by atoms with E-state index >= 15 is 4.39 Å². The number of rotatable bonds is 5. The highest BCUT2D eigenvalue weighted by Crippen LogP contribution is 2.71. The Morgan fingerprint density at radius 1 is 1.18 bits per heavy atom. The van der Waals surface area contributed by atoms with Gasteiger partial charge in [-0.2, -0.15) is 0 Å². The highest BCUT2D eigenvalue weighted by atomic mass is 19.1. The van der Waals surface area contributed by atoms with Crippen LogP contribution in [-0.2, 0) is 14.3 Å². The molecule has 1 spiro atoms. The summed E-state index contributed by atoms with van der Waals surface area (Å²) in [6, 6.07) is 0. The van der Waals surface area contributed by atoms with E-state index in [9.17, 15) is 24.6 Å². The number of hydrogen-bond acceptors (Lipinski definition) is 6. The Kier molecular flexibility index (Phi) is 6.06. The molecule has 39 heavy (non-hydrogen) atoms. The molecule has 5 saturated carbocycles. The normalized spacial score (nSPS) is 47.2. The molecule has 0 saturated heterocycles. The molecule has 0 aliphatic heterocycles. The summed E-state index contributed by atoms with van der Waals surface area (Å²) in [7, 11) is 0. The number of allylic oxidation sites excluding steroid dienone is 4. The monoisotopic (exact) mass is 543 g/mol. The third kappa shape index (κ3) is 3.43. The van der Waals surface area contributed by atoms with Crippen molar-refractivity contribution in [2.45, 2.75) is 95.9 Å². The number of ketones is 2. The number of aliphatic hydroxyl groups is 2. The molecule has 8 heteroatoms. The number of Topliss-reactive ketones (excluding diaryl/α,β-unsaturated/α-hetero) is 1. The molecule has 0 aromatic rings. The van der Waals surface area contributed by atoms with Gasteiger partial charge in [-0.3, -0.25) is 9.59 Å². The molecule has 0 radical (unpaired) electrons. The minimum atomic E-state index is -2.04. The van der Waals surface area contributed by atoms with E-state index < -0.39 is 58.5 Å². The first-order chi connectivity index (χ1) is 18.4. The van der Waals surface area contributed by atoms with Gasteiger partial charge in [0.05, 0.1) is 6.10 Å². The first-order valence-electron chi connectivity index (χ1n) is 14.8. The van der Waals surface area contributed by atoms with Crippen molar-refractivity contribution in [2.75, 3.05) is 13.2 Å². The number of halogens is 1. The number of alkyl halides is 1. The maximum absolute atomic E-state index is 17.4. The van der Waals surface area contributed by atoms with Crippen molar-refractivity contribution >= 4 is 17.7 Å². The van der Waals surface area contributed by atoms with E-state index in [1.165, 1.54) is 37.8 Å². The van der Waals surface area contributed by atoms with E-state index in [4.69, 9.17) is 4.74 Å². The Bertz CT molecular complexity index is 1160. The van der Waals surface area contributed by atoms with Crippen LogP contribution in [-0.4, -0.2) is 58.4 Å². The SMILES string of the molecule is C[C@H]1C[C@H]2[C@@H]3CCC4=CC(=O)C=C[C@]4(C)[C@@]3(F)[C@@H](O)C[C@]2(C)[C@@]1(OC(=O)NCC1CC12CCCC2)C(=O)CO. The van der Waals surface area contributed by atoms with E-state index in [1.54, 1.807) is 13.0 Å². The molecule has 9 atom stereocenters. The Balaban J connectivity index is 1.30. The molecule has 7 nitrogen and oxygen atoms in total. The lowest BCUT2D eigenvalue weighted by Crippen LogP contribution is -2.70. The van der Waals surface area contributed by atoms with E-state index in [2.05, 4.69) is 5.32 Å². The fourth-order valence-corrected chi connectivity index (χ4v) is 10.3. The minimum Gasteiger partial charge on any atom is -0.434 e. The molecule has 0 heterocycles. The highest BCUT2D eigenvalue weighted by molar-refractivity contribution is 6.01. The van der Waals surface area contributed by atoms with Crippen molar-refractivity contribution in [1.29, 1.82) is 0 Å². The number of ether oxygens (including phenoxy) is 1. The molecule has 1 unspecified atom stereocenters. The van der Waals surface area contributed by atoms with Crippen molar-refractivity contribution in [3.63, 3.8) is 0 Å². The summed E-state index contributed by atoms with van der Waals surface area (Å²) in [5.41, 5.74) is -4.89. The third-order valence-electron chi connectivity index (χ3n) is 12.4. The zero-order chi connectivity index (χ0) is 28.0. The zero-order valence-electron chi connectivity index (χ0n) is 23.3. The average Bonchev–Trinajstić information content (AvgIpc) is 3.25. The predicted octanol–water partition coefficient (Wildman–Crippen LogP) is 4.21. The molecule has 5 fully saturated rings. The van der Waals surface area contributed by atoms with Gasteiger partial charge in [-0.15, -0.1) is 0 Å². The number of nitrogens with one attached hydrogen (secondary N) is 1. The summed E-state index contributed by atoms with van der Waals surface area (Å²) in [4.78, 5) is 38.9. The maximum Gasteiger partial charge on any atom is 0.408 e.